The molecule has 1 aromatic carbocycles. The van der Waals surface area contributed by atoms with E-state index in [-0.39, 0.29) is 11.7 Å². The Bertz CT molecular complexity index is 355. The van der Waals surface area contributed by atoms with Gasteiger partial charge in [0.25, 0.3) is 0 Å². The minimum Gasteiger partial charge on any atom is -0.366 e. The van der Waals surface area contributed by atoms with Gasteiger partial charge in [0, 0.05) is 8.90 Å². The van der Waals surface area contributed by atoms with Crippen molar-refractivity contribution in [1.82, 2.24) is 0 Å². The SMILES string of the molecule is CC1(CBr)CCC(c2cccc(I)c2)O1. The highest BCUT2D eigenvalue weighted by Gasteiger charge is 2.35. The molecule has 1 fully saturated rings. The molecule has 1 aliphatic heterocycles. The van der Waals surface area contributed by atoms with Crippen LogP contribution in [0.15, 0.2) is 24.3 Å². The molecular formula is C12H14BrIO. The van der Waals surface area contributed by atoms with E-state index in [2.05, 4.69) is 69.7 Å². The van der Waals surface area contributed by atoms with Crippen molar-refractivity contribution in [2.24, 2.45) is 0 Å². The lowest BCUT2D eigenvalue weighted by molar-refractivity contribution is -0.0121. The molecule has 2 unspecified atom stereocenters. The summed E-state index contributed by atoms with van der Waals surface area (Å²) < 4.78 is 7.37. The number of halogens is 2. The van der Waals surface area contributed by atoms with E-state index in [9.17, 15) is 0 Å². The Morgan fingerprint density at radius 1 is 1.60 bits per heavy atom. The monoisotopic (exact) mass is 380 g/mol. The van der Waals surface area contributed by atoms with Crippen LogP contribution in [-0.2, 0) is 4.74 Å². The largest absolute Gasteiger partial charge is 0.366 e. The van der Waals surface area contributed by atoms with Crippen LogP contribution in [0.2, 0.25) is 0 Å². The molecule has 0 amide bonds. The fourth-order valence-corrected chi connectivity index (χ4v) is 2.92. The Labute approximate surface area is 113 Å². The van der Waals surface area contributed by atoms with E-state index in [4.69, 9.17) is 4.74 Å². The van der Waals surface area contributed by atoms with Crippen molar-refractivity contribution >= 4 is 38.5 Å². The van der Waals surface area contributed by atoms with Gasteiger partial charge in [-0.2, -0.15) is 0 Å². The van der Waals surface area contributed by atoms with E-state index >= 15 is 0 Å². The second kappa shape index (κ2) is 4.72. The van der Waals surface area contributed by atoms with Crippen molar-refractivity contribution in [1.29, 1.82) is 0 Å². The summed E-state index contributed by atoms with van der Waals surface area (Å²) in [6, 6.07) is 8.59. The molecular weight excluding hydrogens is 367 g/mol. The van der Waals surface area contributed by atoms with Crippen LogP contribution >= 0.6 is 38.5 Å². The van der Waals surface area contributed by atoms with Gasteiger partial charge in [0.2, 0.25) is 0 Å². The molecule has 2 atom stereocenters. The average Bonchev–Trinajstić information content (AvgIpc) is 2.62. The number of benzene rings is 1. The highest BCUT2D eigenvalue weighted by molar-refractivity contribution is 14.1. The maximum absolute atomic E-state index is 6.09. The molecule has 1 aromatic rings. The summed E-state index contributed by atoms with van der Waals surface area (Å²) in [6.45, 7) is 2.18. The third-order valence-electron chi connectivity index (χ3n) is 2.87. The van der Waals surface area contributed by atoms with Gasteiger partial charge in [-0.15, -0.1) is 0 Å². The van der Waals surface area contributed by atoms with Gasteiger partial charge >= 0.3 is 0 Å². The first-order valence-electron chi connectivity index (χ1n) is 5.12. The maximum Gasteiger partial charge on any atom is 0.0834 e. The van der Waals surface area contributed by atoms with E-state index in [0.717, 1.165) is 18.2 Å². The number of hydrogen-bond acceptors (Lipinski definition) is 1. The second-order valence-corrected chi connectivity index (χ2v) is 6.09. The highest BCUT2D eigenvalue weighted by atomic mass is 127. The molecule has 0 N–H and O–H groups in total. The fraction of sp³-hybridized carbons (Fsp3) is 0.500. The van der Waals surface area contributed by atoms with E-state index in [0.29, 0.717) is 0 Å². The zero-order valence-corrected chi connectivity index (χ0v) is 12.4. The number of ether oxygens (including phenoxy) is 1. The van der Waals surface area contributed by atoms with Crippen molar-refractivity contribution in [3.8, 4) is 0 Å². The lowest BCUT2D eigenvalue weighted by atomic mass is 10.0. The van der Waals surface area contributed by atoms with E-state index in [1.165, 1.54) is 9.13 Å². The van der Waals surface area contributed by atoms with Crippen LogP contribution < -0.4 is 0 Å². The Balaban J connectivity index is 2.14. The van der Waals surface area contributed by atoms with Crippen molar-refractivity contribution in [2.75, 3.05) is 5.33 Å². The average molecular weight is 381 g/mol. The lowest BCUT2D eigenvalue weighted by Gasteiger charge is -2.22. The third-order valence-corrected chi connectivity index (χ3v) is 4.72. The standard InChI is InChI=1S/C12H14BrIO/c1-12(8-13)6-5-11(15-12)9-3-2-4-10(14)7-9/h2-4,7,11H,5-6,8H2,1H3. The Morgan fingerprint density at radius 3 is 3.00 bits per heavy atom. The van der Waals surface area contributed by atoms with Gasteiger partial charge in [0.1, 0.15) is 0 Å². The van der Waals surface area contributed by atoms with Gasteiger partial charge in [0.15, 0.2) is 0 Å². The van der Waals surface area contributed by atoms with Crippen LogP contribution in [0.25, 0.3) is 0 Å². The molecule has 0 saturated carbocycles. The Kier molecular flexibility index (Phi) is 3.73. The highest BCUT2D eigenvalue weighted by Crippen LogP contribution is 2.40. The predicted octanol–water partition coefficient (Wildman–Crippen LogP) is 4.30. The van der Waals surface area contributed by atoms with Crippen LogP contribution in [-0.4, -0.2) is 10.9 Å². The third kappa shape index (κ3) is 2.74. The zero-order chi connectivity index (χ0) is 10.9. The molecule has 1 heterocycles. The van der Waals surface area contributed by atoms with Crippen LogP contribution in [0.1, 0.15) is 31.4 Å². The van der Waals surface area contributed by atoms with Gasteiger partial charge in [-0.3, -0.25) is 0 Å². The number of alkyl halides is 1. The Morgan fingerprint density at radius 2 is 2.40 bits per heavy atom. The molecule has 3 heteroatoms. The Hall–Kier alpha value is 0.390. The van der Waals surface area contributed by atoms with Gasteiger partial charge in [-0.25, -0.2) is 0 Å². The molecule has 1 saturated heterocycles. The number of hydrogen-bond donors (Lipinski definition) is 0. The van der Waals surface area contributed by atoms with Crippen LogP contribution in [0, 0.1) is 3.57 Å². The quantitative estimate of drug-likeness (QED) is 0.549. The molecule has 0 bridgehead atoms. The maximum atomic E-state index is 6.09. The summed E-state index contributed by atoms with van der Waals surface area (Å²) in [5.74, 6) is 0. The van der Waals surface area contributed by atoms with Crippen molar-refractivity contribution < 1.29 is 4.74 Å². The van der Waals surface area contributed by atoms with E-state index in [1.807, 2.05) is 0 Å². The normalized spacial score (nSPS) is 30.7. The number of rotatable bonds is 2. The van der Waals surface area contributed by atoms with Crippen molar-refractivity contribution in [3.05, 3.63) is 33.4 Å². The van der Waals surface area contributed by atoms with Crippen molar-refractivity contribution in [2.45, 2.75) is 31.5 Å². The summed E-state index contributed by atoms with van der Waals surface area (Å²) in [6.07, 6.45) is 2.54. The first-order valence-corrected chi connectivity index (χ1v) is 7.32. The summed E-state index contributed by atoms with van der Waals surface area (Å²) >= 11 is 5.87. The topological polar surface area (TPSA) is 9.23 Å². The zero-order valence-electron chi connectivity index (χ0n) is 8.67. The minimum atomic E-state index is 0.0198. The summed E-state index contributed by atoms with van der Waals surface area (Å²) in [5.41, 5.74) is 1.33. The van der Waals surface area contributed by atoms with Gasteiger partial charge in [-0.1, -0.05) is 28.1 Å². The summed E-state index contributed by atoms with van der Waals surface area (Å²) in [7, 11) is 0. The second-order valence-electron chi connectivity index (χ2n) is 4.28. The van der Waals surface area contributed by atoms with E-state index in [1.54, 1.807) is 0 Å². The fourth-order valence-electron chi connectivity index (χ4n) is 1.94. The van der Waals surface area contributed by atoms with Crippen LogP contribution in [0.4, 0.5) is 0 Å². The molecule has 1 aliphatic rings. The first-order chi connectivity index (χ1) is 7.13. The molecule has 0 radical (unpaired) electrons. The lowest BCUT2D eigenvalue weighted by Crippen LogP contribution is -2.24. The van der Waals surface area contributed by atoms with Crippen LogP contribution in [0.3, 0.4) is 0 Å². The first kappa shape index (κ1) is 11.9. The molecule has 0 aliphatic carbocycles. The van der Waals surface area contributed by atoms with E-state index < -0.39 is 0 Å². The predicted molar refractivity (Wildman–Crippen MR) is 74.4 cm³/mol. The smallest absolute Gasteiger partial charge is 0.0834 e. The van der Waals surface area contributed by atoms with Crippen molar-refractivity contribution in [3.63, 3.8) is 0 Å². The van der Waals surface area contributed by atoms with Gasteiger partial charge in [0.05, 0.1) is 11.7 Å². The molecule has 0 aromatic heterocycles. The van der Waals surface area contributed by atoms with Gasteiger partial charge < -0.3 is 4.74 Å². The molecule has 82 valence electrons. The molecule has 1 nitrogen and oxygen atoms in total. The molecule has 15 heavy (non-hydrogen) atoms. The van der Waals surface area contributed by atoms with Gasteiger partial charge in [-0.05, 0) is 60.1 Å². The summed E-state index contributed by atoms with van der Waals surface area (Å²) in [5, 5.41) is 0.917. The molecule has 2 rings (SSSR count). The molecule has 0 spiro atoms. The minimum absolute atomic E-state index is 0.0198. The summed E-state index contributed by atoms with van der Waals surface area (Å²) in [4.78, 5) is 0. The van der Waals surface area contributed by atoms with Crippen LogP contribution in [0.5, 0.6) is 0 Å².